The first-order chi connectivity index (χ1) is 71.9. The first-order valence-electron chi connectivity index (χ1n) is 52.0. The summed E-state index contributed by atoms with van der Waals surface area (Å²) in [5.74, 6) is 0.126. The van der Waals surface area contributed by atoms with E-state index < -0.39 is 59.1 Å². The Bertz CT molecular complexity index is 9700. The van der Waals surface area contributed by atoms with Gasteiger partial charge in [0.15, 0.2) is 40.3 Å². The number of methoxy groups -OCH3 is 3. The summed E-state index contributed by atoms with van der Waals surface area (Å²) in [5.41, 5.74) is 18.9. The molecule has 33 rings (SSSR count). The number of likely N-dealkylation sites (N-methyl/N-ethyl adjacent to an activating group) is 2. The minimum Gasteiger partial charge on any atom is -0.467 e. The number of aromatic nitrogens is 8. The van der Waals surface area contributed by atoms with E-state index in [1.807, 2.05) is 139 Å². The number of carbonyl (C=O) groups is 6. The highest BCUT2D eigenvalue weighted by Crippen LogP contribution is 2.64. The molecule has 4 saturated heterocycles. The van der Waals surface area contributed by atoms with Gasteiger partial charge in [-0.1, -0.05) is 171 Å². The predicted octanol–water partition coefficient (Wildman–Crippen LogP) is 21.9. The van der Waals surface area contributed by atoms with E-state index in [2.05, 4.69) is 187 Å². The Kier molecular flexibility index (Phi) is 18.4. The van der Waals surface area contributed by atoms with E-state index in [0.717, 1.165) is 206 Å². The van der Waals surface area contributed by atoms with Crippen LogP contribution in [0, 0.1) is 5.92 Å². The lowest BCUT2D eigenvalue weighted by Gasteiger charge is -2.50. The van der Waals surface area contributed by atoms with Crippen molar-refractivity contribution in [1.29, 1.82) is 0 Å². The molecule has 0 spiro atoms. The van der Waals surface area contributed by atoms with E-state index in [9.17, 15) is 39.0 Å². The van der Waals surface area contributed by atoms with E-state index in [1.54, 1.807) is 21.1 Å². The molecule has 0 unspecified atom stereocenters. The molecule has 740 valence electrons. The molecule has 148 heavy (non-hydrogen) atoms. The van der Waals surface area contributed by atoms with E-state index in [4.69, 9.17) is 33.2 Å². The molecule has 4 fully saturated rings. The van der Waals surface area contributed by atoms with Crippen molar-refractivity contribution in [2.45, 2.75) is 195 Å². The molecule has 13 aromatic carbocycles. The van der Waals surface area contributed by atoms with Crippen molar-refractivity contribution in [2.24, 2.45) is 5.92 Å². The summed E-state index contributed by atoms with van der Waals surface area (Å²) >= 11 is 0. The molecule has 26 heteroatoms. The maximum absolute atomic E-state index is 13.9. The molecule has 1 amide bonds. The molecule has 8 bridgehead atoms. The Morgan fingerprint density at radius 1 is 0.378 bits per heavy atom. The van der Waals surface area contributed by atoms with Gasteiger partial charge in [0.2, 0.25) is 5.60 Å². The van der Waals surface area contributed by atoms with Gasteiger partial charge in [0, 0.05) is 210 Å². The Labute approximate surface area is 846 Å². The van der Waals surface area contributed by atoms with Crippen LogP contribution in [0.3, 0.4) is 0 Å². The fraction of sp³-hybridized carbons (Fsp3) is 0.311. The van der Waals surface area contributed by atoms with Gasteiger partial charge in [-0.2, -0.15) is 0 Å². The third kappa shape index (κ3) is 10.7. The lowest BCUT2D eigenvalue weighted by atomic mass is 9.85. The van der Waals surface area contributed by atoms with Crippen molar-refractivity contribution in [3.63, 3.8) is 0 Å². The zero-order chi connectivity index (χ0) is 100. The van der Waals surface area contributed by atoms with Crippen LogP contribution < -0.4 is 10.6 Å². The van der Waals surface area contributed by atoms with Gasteiger partial charge in [0.05, 0.1) is 108 Å². The number of nitrogens with one attached hydrogen (secondary N) is 2. The highest BCUT2D eigenvalue weighted by Gasteiger charge is 2.67. The van der Waals surface area contributed by atoms with Gasteiger partial charge in [0.25, 0.3) is 5.91 Å². The number of ketones is 4. The van der Waals surface area contributed by atoms with Gasteiger partial charge in [-0.25, -0.2) is 4.79 Å². The number of amides is 1. The first-order valence-corrected chi connectivity index (χ1v) is 52.0. The van der Waals surface area contributed by atoms with Crippen LogP contribution >= 0.6 is 0 Å². The smallest absolute Gasteiger partial charge is 0.343 e. The number of esters is 1. The fourth-order valence-corrected chi connectivity index (χ4v) is 30.8. The molecule has 8 aromatic heterocycles. The zero-order valence-corrected chi connectivity index (χ0v) is 83.7. The minimum absolute atomic E-state index is 0.00125. The number of carbonyl (C=O) groups excluding carboxylic acids is 6. The number of hydrogen-bond acceptors (Lipinski definition) is 17. The van der Waals surface area contributed by atoms with Crippen molar-refractivity contribution < 1.29 is 72.1 Å². The van der Waals surface area contributed by atoms with Crippen LogP contribution in [-0.2, 0) is 80.1 Å². The predicted molar refractivity (Wildman–Crippen MR) is 571 cm³/mol. The molecule has 0 saturated carbocycles. The number of Topliss-reactive ketones (excluding diaryl/α,β-unsaturated/α-hetero) is 4. The van der Waals surface area contributed by atoms with Gasteiger partial charge in [-0.15, -0.1) is 0 Å². The van der Waals surface area contributed by atoms with Crippen LogP contribution in [0.5, 0.6) is 0 Å². The van der Waals surface area contributed by atoms with Gasteiger partial charge >= 0.3 is 5.97 Å². The van der Waals surface area contributed by atoms with Gasteiger partial charge < -0.3 is 95.4 Å². The topological polar surface area (TPSA) is 274 Å². The lowest BCUT2D eigenvalue weighted by Crippen LogP contribution is -2.61. The monoisotopic (exact) mass is 1970 g/mol. The Hall–Kier alpha value is -14.5. The number of aliphatic hydroxyl groups excluding tert-OH is 1. The molecule has 12 aliphatic rings. The highest BCUT2D eigenvalue weighted by atomic mass is 16.6. The molecule has 26 nitrogen and oxygen atoms in total. The van der Waals surface area contributed by atoms with Crippen molar-refractivity contribution in [3.8, 4) is 0 Å². The van der Waals surface area contributed by atoms with Gasteiger partial charge in [0.1, 0.15) is 42.8 Å². The molecule has 4 aliphatic carbocycles. The molecule has 21 aromatic rings. The minimum atomic E-state index is -1.91. The maximum atomic E-state index is 13.9. The maximum Gasteiger partial charge on any atom is 0.343 e. The second kappa shape index (κ2) is 30.6. The lowest BCUT2D eigenvalue weighted by molar-refractivity contribution is -0.264. The molecular formula is C122H107N11O15. The fourth-order valence-electron chi connectivity index (χ4n) is 30.8. The summed E-state index contributed by atoms with van der Waals surface area (Å²) in [6, 6.07) is 76.0. The number of rotatable bonds is 7. The summed E-state index contributed by atoms with van der Waals surface area (Å²) in [7, 11) is 10.7. The van der Waals surface area contributed by atoms with Crippen LogP contribution in [0.2, 0.25) is 0 Å². The number of hydrogen-bond donors (Lipinski definition) is 4. The van der Waals surface area contributed by atoms with E-state index in [-0.39, 0.29) is 78.4 Å². The number of nitrogens with zero attached hydrogens (tertiary/aromatic N) is 9. The Morgan fingerprint density at radius 2 is 0.716 bits per heavy atom. The molecule has 16 heterocycles. The number of aryl methyl sites for hydroxylation is 3. The number of para-hydroxylation sites is 8. The third-order valence-corrected chi connectivity index (χ3v) is 36.8. The summed E-state index contributed by atoms with van der Waals surface area (Å²) in [5, 5.41) is 47.2. The number of aliphatic hydroxyl groups is 2. The normalized spacial score (nSPS) is 27.0. The second-order valence-corrected chi connectivity index (χ2v) is 43.5. The molecule has 4 N–H and O–H groups in total. The number of fused-ring (bicyclic) bond motifs is 52. The third-order valence-electron chi connectivity index (χ3n) is 36.8. The number of benzene rings is 13. The molecule has 8 aliphatic heterocycles. The molecule has 16 atom stereocenters. The van der Waals surface area contributed by atoms with E-state index in [1.165, 1.54) is 40.0 Å². The summed E-state index contributed by atoms with van der Waals surface area (Å²) in [6.07, 6.45) is 3.11. The van der Waals surface area contributed by atoms with Crippen LogP contribution in [0.4, 0.5) is 0 Å². The summed E-state index contributed by atoms with van der Waals surface area (Å²) in [6.45, 7) is 10.6. The second-order valence-electron chi connectivity index (χ2n) is 43.5. The quantitative estimate of drug-likeness (QED) is 0.108. The SMILES string of the molecule is CN[C@@H]1C[C@H]2O[C@@](C)([C@@H]1C)n1c3ccccc3c3c4c(c5c6ccccc6n2c5c31)C(=O)CC4.CN[C@@H]1C[C@H]2O[C@@](C)([C@@H]1OC)n1c3ccccc3c3c4c(c5c6ccccc6n2c5c31)C(=O)C[C@H]4O.COC(=O)[C@@]1(O)C[C@H]2O[C@]1(C)n1c3ccccc3c3c4c(c5c6ccccc6n2c5c31)C(=O)CC4.CO[C@@H]1[C@H](N(C)C(=O)c2ccccc2)C[C@H]2O[C@]1(C)n1c3ccccc3c3c4c(c5c6ccccc6n2c5c31)C(=O)CC4. The van der Waals surface area contributed by atoms with Crippen molar-refractivity contribution in [3.05, 3.63) is 275 Å². The standard InChI is InChI=1S/C36H31N3O4.C29H27N3O4.C29H27N3O2.C28H22N2O5/c1-36-34(42-3)26(37(2)35(41)20-11-5-4-6-12-20)19-28(43-36)38-24-15-9-7-13-21(24)31-30-23(17-18-27(30)40)29-22-14-8-10-16-25(22)39(36)33(29)32(31)38;1-29-28(35-3)16(30-2)12-21(36-29)31-17-10-6-4-8-14(17)22-24-19(33)13-20(34)25(24)23-15-9-5-7-11-18(15)32(29)27(23)26(22)31;1-15-19(30-3)14-23-31-20-10-6-4-8-16(20)26-25-18(12-13-22(25)33)24-17-9-5-7-11-21(17)32(28(24)27(26)31)29(15,2)34-23;1-27-28(33,26(32)34-2)13-20(35-27)29-17-9-5-3-7-14(17)23-22-16(11-12-19(22)31)21-15-8-4-6-10-18(15)30(27)25(21)24(23)29/h4-16,26,28,34H,17-19H2,1-3H3;4-11,16,20-21,28,30,34H,12-13H2,1-3H3;4-11,15,19,23,30H,12-14H2,1-3H3;3-10,20,33H,11-13H2,1-2H3/t26-,28-,34-,36+;16-,20-,21-,28-,29+;15-,19-,23-,29+;20-,27+,28+/m1111/s1. The van der Waals surface area contributed by atoms with Crippen molar-refractivity contribution in [2.75, 3.05) is 42.5 Å². The highest BCUT2D eigenvalue weighted by molar-refractivity contribution is 6.36. The van der Waals surface area contributed by atoms with Gasteiger partial charge in [-0.05, 0) is 138 Å². The average molecular weight is 1970 g/mol. The zero-order valence-electron chi connectivity index (χ0n) is 83.7. The average Bonchev–Trinajstić information content (AvgIpc) is 1.45. The Balaban J connectivity index is 0.0000000914. The van der Waals surface area contributed by atoms with Crippen LogP contribution in [0.15, 0.2) is 224 Å². The van der Waals surface area contributed by atoms with E-state index in [0.29, 0.717) is 49.3 Å². The van der Waals surface area contributed by atoms with Crippen LogP contribution in [0.1, 0.15) is 191 Å². The van der Waals surface area contributed by atoms with Crippen molar-refractivity contribution >= 4 is 209 Å². The molecule has 0 radical (unpaired) electrons. The van der Waals surface area contributed by atoms with Crippen molar-refractivity contribution in [1.82, 2.24) is 52.1 Å². The van der Waals surface area contributed by atoms with Crippen LogP contribution in [-0.4, -0.2) is 165 Å². The largest absolute Gasteiger partial charge is 0.467 e. The number of ether oxygens (including phenoxy) is 7. The first kappa shape index (κ1) is 88.7. The Morgan fingerprint density at radius 3 is 1.14 bits per heavy atom. The van der Waals surface area contributed by atoms with Crippen LogP contribution in [0.25, 0.3) is 174 Å². The molecular weight excluding hydrogens is 1860 g/mol. The summed E-state index contributed by atoms with van der Waals surface area (Å²) in [4.78, 5) is 82.7. The summed E-state index contributed by atoms with van der Waals surface area (Å²) < 4.78 is 63.9. The van der Waals surface area contributed by atoms with Gasteiger partial charge in [-0.3, -0.25) is 24.0 Å². The van der Waals surface area contributed by atoms with E-state index >= 15 is 0 Å².